The highest BCUT2D eigenvalue weighted by Crippen LogP contribution is 2.26. The molecule has 2 saturated heterocycles. The van der Waals surface area contributed by atoms with E-state index in [4.69, 9.17) is 14.6 Å². The van der Waals surface area contributed by atoms with Gasteiger partial charge in [0.25, 0.3) is 5.91 Å². The Morgan fingerprint density at radius 2 is 1.73 bits per heavy atom. The number of carbonyl (C=O) groups is 3. The Hall–Kier alpha value is -3.40. The number of alkyl halides is 6. The first kappa shape index (κ1) is 35.1. The summed E-state index contributed by atoms with van der Waals surface area (Å²) < 4.78 is 77.3. The van der Waals surface area contributed by atoms with Crippen LogP contribution in [0.25, 0.3) is 11.0 Å². The van der Waals surface area contributed by atoms with E-state index in [-0.39, 0.29) is 48.5 Å². The molecule has 0 spiro atoms. The summed E-state index contributed by atoms with van der Waals surface area (Å²) in [6, 6.07) is 6.89. The quantitative estimate of drug-likeness (QED) is 0.421. The van der Waals surface area contributed by atoms with Crippen molar-refractivity contribution in [3.63, 3.8) is 0 Å². The Balaban J connectivity index is 0.000000676. The molecule has 0 unspecified atom stereocenters. The predicted molar refractivity (Wildman–Crippen MR) is 147 cm³/mol. The monoisotopic (exact) mass is 637 g/mol. The van der Waals surface area contributed by atoms with Crippen LogP contribution in [0.5, 0.6) is 0 Å². The first-order valence-corrected chi connectivity index (χ1v) is 14.3. The molecule has 3 heterocycles. The molecule has 2 amide bonds. The zero-order valence-corrected chi connectivity index (χ0v) is 24.5. The van der Waals surface area contributed by atoms with Crippen molar-refractivity contribution in [2.45, 2.75) is 58.0 Å². The van der Waals surface area contributed by atoms with Crippen LogP contribution in [0.1, 0.15) is 43.7 Å². The maximum absolute atomic E-state index is 14.0. The number of aliphatic carboxylic acids is 1. The molecule has 2 fully saturated rings. The minimum atomic E-state index is -5.08. The number of para-hydroxylation sites is 2. The van der Waals surface area contributed by atoms with Crippen molar-refractivity contribution < 1.29 is 50.6 Å². The lowest BCUT2D eigenvalue weighted by Crippen LogP contribution is -2.56. The highest BCUT2D eigenvalue weighted by molar-refractivity contribution is 5.95. The van der Waals surface area contributed by atoms with Crippen LogP contribution in [0.2, 0.25) is 0 Å². The van der Waals surface area contributed by atoms with Crippen molar-refractivity contribution >= 4 is 28.8 Å². The van der Waals surface area contributed by atoms with Crippen LogP contribution in [-0.2, 0) is 20.9 Å². The summed E-state index contributed by atoms with van der Waals surface area (Å²) in [6.45, 7) is 7.79. The number of amides is 2. The van der Waals surface area contributed by atoms with Gasteiger partial charge in [0.2, 0.25) is 5.91 Å². The average Bonchev–Trinajstić information content (AvgIpc) is 3.33. The van der Waals surface area contributed by atoms with Crippen LogP contribution in [0.3, 0.4) is 0 Å². The maximum Gasteiger partial charge on any atom is 0.490 e. The van der Waals surface area contributed by atoms with Crippen LogP contribution in [0.15, 0.2) is 24.3 Å². The van der Waals surface area contributed by atoms with Crippen molar-refractivity contribution in [3.05, 3.63) is 30.1 Å². The third-order valence-electron chi connectivity index (χ3n) is 7.19. The summed E-state index contributed by atoms with van der Waals surface area (Å²) in [7, 11) is 0. The highest BCUT2D eigenvalue weighted by Gasteiger charge is 2.39. The van der Waals surface area contributed by atoms with Crippen molar-refractivity contribution in [2.75, 3.05) is 45.9 Å². The standard InChI is InChI=1S/C26H36F3N5O3.C2HF3O2/c1-18(2)17-34(20-14-19(15-30-16-20)24(35)32-10-12-37-13-11-32)25(36)23-31-21-6-3-4-7-22(21)33(23)9-5-8-26(27,28)29;3-2(4,5)1(6)7/h3-4,6-7,18-20,30H,5,8-17H2,1-2H3;(H,6,7)/t19-,20+;/m1./s1. The van der Waals surface area contributed by atoms with E-state index in [0.717, 1.165) is 0 Å². The zero-order chi connectivity index (χ0) is 32.7. The molecule has 4 rings (SSSR count). The van der Waals surface area contributed by atoms with Gasteiger partial charge in [-0.15, -0.1) is 0 Å². The molecule has 16 heteroatoms. The third-order valence-corrected chi connectivity index (χ3v) is 7.19. The number of hydrogen-bond acceptors (Lipinski definition) is 6. The Bertz CT molecular complexity index is 1280. The SMILES string of the molecule is CC(C)CN(C(=O)c1nc2ccccc2n1CCCC(F)(F)F)[C@@H]1CNC[C@H](C(=O)N2CCOCC2)C1.O=C(O)C(F)(F)F. The van der Waals surface area contributed by atoms with Crippen LogP contribution < -0.4 is 5.32 Å². The Labute approximate surface area is 250 Å². The molecule has 2 aromatic rings. The van der Waals surface area contributed by atoms with Gasteiger partial charge in [-0.1, -0.05) is 26.0 Å². The lowest BCUT2D eigenvalue weighted by atomic mass is 9.92. The van der Waals surface area contributed by atoms with E-state index in [9.17, 15) is 35.9 Å². The number of morpholine rings is 1. The lowest BCUT2D eigenvalue weighted by Gasteiger charge is -2.40. The normalized spacial score (nSPS) is 19.4. The molecule has 246 valence electrons. The van der Waals surface area contributed by atoms with Gasteiger partial charge in [0, 0.05) is 51.7 Å². The molecule has 44 heavy (non-hydrogen) atoms. The fourth-order valence-corrected chi connectivity index (χ4v) is 5.21. The first-order chi connectivity index (χ1) is 20.6. The Morgan fingerprint density at radius 1 is 1.09 bits per heavy atom. The molecule has 0 saturated carbocycles. The summed E-state index contributed by atoms with van der Waals surface area (Å²) in [5.74, 6) is -2.97. The smallest absolute Gasteiger partial charge is 0.475 e. The number of rotatable bonds is 8. The molecule has 1 aromatic carbocycles. The van der Waals surface area contributed by atoms with Gasteiger partial charge in [0.15, 0.2) is 5.82 Å². The first-order valence-electron chi connectivity index (χ1n) is 14.3. The largest absolute Gasteiger partial charge is 0.490 e. The summed E-state index contributed by atoms with van der Waals surface area (Å²) >= 11 is 0. The van der Waals surface area contributed by atoms with Gasteiger partial charge < -0.3 is 29.5 Å². The molecule has 2 aliphatic heterocycles. The third kappa shape index (κ3) is 9.81. The number of carbonyl (C=O) groups excluding carboxylic acids is 2. The minimum absolute atomic E-state index is 0.0394. The number of hydrogen-bond donors (Lipinski definition) is 2. The number of aryl methyl sites for hydroxylation is 1. The number of benzene rings is 1. The number of imidazole rings is 1. The summed E-state index contributed by atoms with van der Waals surface area (Å²) in [5.41, 5.74) is 1.21. The minimum Gasteiger partial charge on any atom is -0.475 e. The number of nitrogens with zero attached hydrogens (tertiary/aromatic N) is 4. The van der Waals surface area contributed by atoms with Crippen molar-refractivity contribution in [2.24, 2.45) is 11.8 Å². The number of carboxylic acids is 1. The maximum atomic E-state index is 14.0. The van der Waals surface area contributed by atoms with Crippen LogP contribution in [0, 0.1) is 11.8 Å². The molecule has 10 nitrogen and oxygen atoms in total. The lowest BCUT2D eigenvalue weighted by molar-refractivity contribution is -0.192. The number of ether oxygens (including phenoxy) is 1. The molecule has 1 aromatic heterocycles. The number of halogens is 6. The average molecular weight is 638 g/mol. The van der Waals surface area contributed by atoms with Crippen molar-refractivity contribution in [3.8, 4) is 0 Å². The van der Waals surface area contributed by atoms with Crippen molar-refractivity contribution in [1.82, 2.24) is 24.7 Å². The van der Waals surface area contributed by atoms with E-state index < -0.39 is 24.7 Å². The molecule has 2 atom stereocenters. The van der Waals surface area contributed by atoms with Gasteiger partial charge in [0.05, 0.1) is 30.2 Å². The number of fused-ring (bicyclic) bond motifs is 1. The second kappa shape index (κ2) is 15.1. The number of carboxylic acid groups (broad SMARTS) is 1. The van der Waals surface area contributed by atoms with E-state index in [1.54, 1.807) is 33.7 Å². The molecule has 2 aliphatic rings. The summed E-state index contributed by atoms with van der Waals surface area (Å²) in [6.07, 6.45) is -9.90. The summed E-state index contributed by atoms with van der Waals surface area (Å²) in [4.78, 5) is 44.2. The number of piperidine rings is 1. The van der Waals surface area contributed by atoms with E-state index >= 15 is 0 Å². The molecular weight excluding hydrogens is 600 g/mol. The number of nitrogens with one attached hydrogen (secondary N) is 1. The Morgan fingerprint density at radius 3 is 2.32 bits per heavy atom. The van der Waals surface area contributed by atoms with Crippen LogP contribution in [-0.4, -0.2) is 107 Å². The Kier molecular flexibility index (Phi) is 12.0. The second-order valence-electron chi connectivity index (χ2n) is 11.1. The fourth-order valence-electron chi connectivity index (χ4n) is 5.21. The van der Waals surface area contributed by atoms with Crippen molar-refractivity contribution in [1.29, 1.82) is 0 Å². The number of aromatic nitrogens is 2. The van der Waals surface area contributed by atoms with Crippen LogP contribution in [0.4, 0.5) is 26.3 Å². The van der Waals surface area contributed by atoms with Gasteiger partial charge in [-0.25, -0.2) is 9.78 Å². The zero-order valence-electron chi connectivity index (χ0n) is 24.5. The van der Waals surface area contributed by atoms with E-state index in [1.165, 1.54) is 0 Å². The molecule has 0 radical (unpaired) electrons. The van der Waals surface area contributed by atoms with Gasteiger partial charge >= 0.3 is 18.3 Å². The molecule has 0 aliphatic carbocycles. The second-order valence-corrected chi connectivity index (χ2v) is 11.1. The van der Waals surface area contributed by atoms with Gasteiger partial charge in [0.1, 0.15) is 0 Å². The van der Waals surface area contributed by atoms with Gasteiger partial charge in [-0.3, -0.25) is 9.59 Å². The van der Waals surface area contributed by atoms with Crippen LogP contribution >= 0.6 is 0 Å². The topological polar surface area (TPSA) is 117 Å². The van der Waals surface area contributed by atoms with Gasteiger partial charge in [-0.2, -0.15) is 26.3 Å². The predicted octanol–water partition coefficient (Wildman–Crippen LogP) is 3.95. The van der Waals surface area contributed by atoms with Gasteiger partial charge in [-0.05, 0) is 30.9 Å². The molecular formula is C28H37F6N5O5. The molecule has 2 N–H and O–H groups in total. The summed E-state index contributed by atoms with van der Waals surface area (Å²) in [5, 5.41) is 10.5. The molecule has 0 bridgehead atoms. The van der Waals surface area contributed by atoms with E-state index in [2.05, 4.69) is 10.3 Å². The van der Waals surface area contributed by atoms with E-state index in [1.807, 2.05) is 18.7 Å². The fraction of sp³-hybridized carbons (Fsp3) is 0.643. The highest BCUT2D eigenvalue weighted by atomic mass is 19.4. The van der Waals surface area contributed by atoms with E-state index in [0.29, 0.717) is 63.4 Å².